The summed E-state index contributed by atoms with van der Waals surface area (Å²) in [5, 5.41) is 3.58. The lowest BCUT2D eigenvalue weighted by Crippen LogP contribution is -2.51. The number of carbonyl (C=O) groups is 1. The maximum absolute atomic E-state index is 12.8. The van der Waals surface area contributed by atoms with Crippen molar-refractivity contribution in [3.63, 3.8) is 0 Å². The first-order valence-electron chi connectivity index (χ1n) is 8.39. The zero-order valence-electron chi connectivity index (χ0n) is 12.9. The molecule has 0 amide bonds. The second-order valence-electron chi connectivity index (χ2n) is 6.97. The highest BCUT2D eigenvalue weighted by atomic mass is 16.1. The molecule has 2 fully saturated rings. The van der Waals surface area contributed by atoms with Crippen LogP contribution in [0.25, 0.3) is 0 Å². The number of nitrogens with one attached hydrogen (secondary N) is 1. The van der Waals surface area contributed by atoms with Crippen molar-refractivity contribution in [2.45, 2.75) is 78.1 Å². The van der Waals surface area contributed by atoms with Crippen molar-refractivity contribution in [3.05, 3.63) is 0 Å². The molecule has 0 spiro atoms. The normalized spacial score (nSPS) is 32.3. The van der Waals surface area contributed by atoms with Crippen LogP contribution in [0.2, 0.25) is 0 Å². The van der Waals surface area contributed by atoms with Gasteiger partial charge in [-0.1, -0.05) is 46.0 Å². The molecule has 1 saturated carbocycles. The molecular weight excluding hydrogens is 234 g/mol. The average molecular weight is 265 g/mol. The molecule has 1 aliphatic heterocycles. The van der Waals surface area contributed by atoms with Gasteiger partial charge in [0.25, 0.3) is 0 Å². The van der Waals surface area contributed by atoms with E-state index in [1.54, 1.807) is 0 Å². The number of hydrogen-bond donors (Lipinski definition) is 1. The highest BCUT2D eigenvalue weighted by Gasteiger charge is 2.51. The van der Waals surface area contributed by atoms with E-state index in [4.69, 9.17) is 0 Å². The van der Waals surface area contributed by atoms with Gasteiger partial charge in [0.15, 0.2) is 0 Å². The number of carbonyl (C=O) groups excluding carboxylic acids is 1. The zero-order chi connectivity index (χ0) is 13.8. The Morgan fingerprint density at radius 1 is 1.00 bits per heavy atom. The minimum absolute atomic E-state index is 0.0808. The fraction of sp³-hybridized carbons (Fsp3) is 0.941. The SMILES string of the molecule is CCC(=O)C1(C2(C)CCCCCC2)CCCCNC1. The number of ketones is 1. The van der Waals surface area contributed by atoms with Gasteiger partial charge < -0.3 is 5.32 Å². The fourth-order valence-electron chi connectivity index (χ4n) is 4.48. The molecule has 19 heavy (non-hydrogen) atoms. The predicted molar refractivity (Wildman–Crippen MR) is 80.3 cm³/mol. The van der Waals surface area contributed by atoms with Gasteiger partial charge in [0.2, 0.25) is 0 Å². The number of hydrogen-bond acceptors (Lipinski definition) is 2. The lowest BCUT2D eigenvalue weighted by Gasteiger charge is -2.47. The molecule has 1 N–H and O–H groups in total. The van der Waals surface area contributed by atoms with Crippen molar-refractivity contribution in [2.24, 2.45) is 10.8 Å². The van der Waals surface area contributed by atoms with Crippen LogP contribution in [0.4, 0.5) is 0 Å². The molecule has 0 bridgehead atoms. The Bertz CT molecular complexity index is 294. The lowest BCUT2D eigenvalue weighted by atomic mass is 9.56. The molecule has 110 valence electrons. The van der Waals surface area contributed by atoms with Crippen molar-refractivity contribution in [3.8, 4) is 0 Å². The third kappa shape index (κ3) is 2.89. The Hall–Kier alpha value is -0.370. The van der Waals surface area contributed by atoms with Crippen molar-refractivity contribution in [2.75, 3.05) is 13.1 Å². The minimum Gasteiger partial charge on any atom is -0.316 e. The van der Waals surface area contributed by atoms with Gasteiger partial charge in [0.05, 0.1) is 0 Å². The summed E-state index contributed by atoms with van der Waals surface area (Å²) in [4.78, 5) is 12.8. The Balaban J connectivity index is 2.31. The third-order valence-electron chi connectivity index (χ3n) is 5.85. The molecule has 1 aliphatic carbocycles. The molecule has 1 heterocycles. The summed E-state index contributed by atoms with van der Waals surface area (Å²) in [6.45, 7) is 6.49. The van der Waals surface area contributed by atoms with E-state index in [1.807, 2.05) is 0 Å². The predicted octanol–water partition coefficient (Wildman–Crippen LogP) is 4.09. The summed E-state index contributed by atoms with van der Waals surface area (Å²) in [5.41, 5.74) is 0.149. The standard InChI is InChI=1S/C17H31NO/c1-3-15(19)17(12-8-9-13-18-14-17)16(2)10-6-4-5-7-11-16/h18H,3-14H2,1-2H3. The summed E-state index contributed by atoms with van der Waals surface area (Å²) >= 11 is 0. The van der Waals surface area contributed by atoms with Gasteiger partial charge in [-0.15, -0.1) is 0 Å². The van der Waals surface area contributed by atoms with Crippen LogP contribution in [0, 0.1) is 10.8 Å². The first-order chi connectivity index (χ1) is 9.15. The van der Waals surface area contributed by atoms with Crippen LogP contribution in [0.5, 0.6) is 0 Å². The Morgan fingerprint density at radius 2 is 1.63 bits per heavy atom. The molecule has 2 nitrogen and oxygen atoms in total. The fourth-order valence-corrected chi connectivity index (χ4v) is 4.48. The maximum atomic E-state index is 12.8. The van der Waals surface area contributed by atoms with Gasteiger partial charge >= 0.3 is 0 Å². The lowest BCUT2D eigenvalue weighted by molar-refractivity contribution is -0.137. The molecule has 1 unspecified atom stereocenters. The smallest absolute Gasteiger partial charge is 0.140 e. The second kappa shape index (κ2) is 6.39. The topological polar surface area (TPSA) is 29.1 Å². The highest BCUT2D eigenvalue weighted by molar-refractivity contribution is 5.85. The van der Waals surface area contributed by atoms with E-state index in [-0.39, 0.29) is 10.8 Å². The van der Waals surface area contributed by atoms with Gasteiger partial charge in [-0.05, 0) is 37.6 Å². The molecule has 0 aromatic heterocycles. The van der Waals surface area contributed by atoms with E-state index >= 15 is 0 Å². The van der Waals surface area contributed by atoms with Crippen LogP contribution in [0.1, 0.15) is 78.1 Å². The molecule has 0 aromatic rings. The summed E-state index contributed by atoms with van der Waals surface area (Å²) in [7, 11) is 0. The van der Waals surface area contributed by atoms with Gasteiger partial charge in [-0.2, -0.15) is 0 Å². The van der Waals surface area contributed by atoms with E-state index in [0.29, 0.717) is 12.2 Å². The summed E-state index contributed by atoms with van der Waals surface area (Å²) < 4.78 is 0. The zero-order valence-corrected chi connectivity index (χ0v) is 12.9. The first-order valence-corrected chi connectivity index (χ1v) is 8.39. The Morgan fingerprint density at radius 3 is 2.26 bits per heavy atom. The van der Waals surface area contributed by atoms with Gasteiger partial charge in [0, 0.05) is 18.4 Å². The van der Waals surface area contributed by atoms with E-state index < -0.39 is 0 Å². The molecule has 0 aromatic carbocycles. The van der Waals surface area contributed by atoms with Crippen LogP contribution in [0.3, 0.4) is 0 Å². The first kappa shape index (κ1) is 15.0. The maximum Gasteiger partial charge on any atom is 0.140 e. The van der Waals surface area contributed by atoms with Crippen molar-refractivity contribution in [1.29, 1.82) is 0 Å². The molecule has 0 radical (unpaired) electrons. The quantitative estimate of drug-likeness (QED) is 0.779. The molecule has 1 atom stereocenters. The summed E-state index contributed by atoms with van der Waals surface area (Å²) in [6, 6.07) is 0. The van der Waals surface area contributed by atoms with Gasteiger partial charge in [0.1, 0.15) is 5.78 Å². The van der Waals surface area contributed by atoms with Crippen molar-refractivity contribution in [1.82, 2.24) is 5.32 Å². The third-order valence-corrected chi connectivity index (χ3v) is 5.85. The number of Topliss-reactive ketones (excluding diaryl/α,β-unsaturated/α-hetero) is 1. The Kier molecular flexibility index (Phi) is 5.05. The van der Waals surface area contributed by atoms with Crippen LogP contribution < -0.4 is 5.32 Å². The molecule has 2 aliphatic rings. The highest BCUT2D eigenvalue weighted by Crippen LogP contribution is 2.52. The second-order valence-corrected chi connectivity index (χ2v) is 6.97. The summed E-state index contributed by atoms with van der Waals surface area (Å²) in [6.07, 6.45) is 12.1. The van der Waals surface area contributed by atoms with E-state index in [2.05, 4.69) is 19.2 Å². The van der Waals surface area contributed by atoms with Crippen molar-refractivity contribution < 1.29 is 4.79 Å². The molecular formula is C17H31NO. The van der Waals surface area contributed by atoms with E-state index in [1.165, 1.54) is 51.4 Å². The molecule has 2 heteroatoms. The van der Waals surface area contributed by atoms with Crippen LogP contribution >= 0.6 is 0 Å². The van der Waals surface area contributed by atoms with Crippen LogP contribution in [-0.2, 0) is 4.79 Å². The largest absolute Gasteiger partial charge is 0.316 e. The average Bonchev–Trinajstić information content (AvgIpc) is 2.79. The van der Waals surface area contributed by atoms with E-state index in [0.717, 1.165) is 19.5 Å². The van der Waals surface area contributed by atoms with Gasteiger partial charge in [-0.25, -0.2) is 0 Å². The van der Waals surface area contributed by atoms with E-state index in [9.17, 15) is 4.79 Å². The van der Waals surface area contributed by atoms with Crippen molar-refractivity contribution >= 4 is 5.78 Å². The summed E-state index contributed by atoms with van der Waals surface area (Å²) in [5.74, 6) is 0.520. The molecule has 1 saturated heterocycles. The van der Waals surface area contributed by atoms with Crippen LogP contribution in [0.15, 0.2) is 0 Å². The number of rotatable bonds is 3. The molecule has 2 rings (SSSR count). The van der Waals surface area contributed by atoms with Gasteiger partial charge in [-0.3, -0.25) is 4.79 Å². The monoisotopic (exact) mass is 265 g/mol. The van der Waals surface area contributed by atoms with Crippen LogP contribution in [-0.4, -0.2) is 18.9 Å². The Labute approximate surface area is 118 Å². The minimum atomic E-state index is -0.0808.